The van der Waals surface area contributed by atoms with Gasteiger partial charge in [-0.25, -0.2) is 9.36 Å². The molecule has 0 aliphatic heterocycles. The van der Waals surface area contributed by atoms with Crippen LogP contribution in [0.2, 0.25) is 5.02 Å². The molecule has 2 heterocycles. The standard InChI is InChI=1S/C20H20ClN5O2/c1-14-13-15(2)26(23-14)18-8-10-20(28)25(24-18)12-11-22-19(27)9-7-16-5-3-4-6-17(16)21/h3-10,13H,11-12H2,1-2H3,(H,22,27)/b9-7+. The Morgan fingerprint density at radius 2 is 1.96 bits per heavy atom. The molecule has 0 fully saturated rings. The van der Waals surface area contributed by atoms with Crippen LogP contribution in [-0.4, -0.2) is 32.0 Å². The van der Waals surface area contributed by atoms with E-state index in [0.717, 1.165) is 17.0 Å². The lowest BCUT2D eigenvalue weighted by Gasteiger charge is -2.08. The fraction of sp³-hybridized carbons (Fsp3) is 0.200. The summed E-state index contributed by atoms with van der Waals surface area (Å²) in [5.74, 6) is 0.276. The number of nitrogens with zero attached hydrogens (tertiary/aromatic N) is 4. The topological polar surface area (TPSA) is 81.8 Å². The number of carbonyl (C=O) groups excluding carboxylic acids is 1. The number of aryl methyl sites for hydroxylation is 2. The van der Waals surface area contributed by atoms with Gasteiger partial charge in [-0.3, -0.25) is 9.59 Å². The zero-order chi connectivity index (χ0) is 20.1. The van der Waals surface area contributed by atoms with Crippen molar-refractivity contribution in [2.45, 2.75) is 20.4 Å². The smallest absolute Gasteiger partial charge is 0.266 e. The normalized spacial score (nSPS) is 11.1. The summed E-state index contributed by atoms with van der Waals surface area (Å²) < 4.78 is 2.99. The van der Waals surface area contributed by atoms with Crippen LogP contribution in [0.5, 0.6) is 0 Å². The summed E-state index contributed by atoms with van der Waals surface area (Å²) in [6.45, 7) is 4.32. The second kappa shape index (κ2) is 8.67. The van der Waals surface area contributed by atoms with E-state index < -0.39 is 0 Å². The lowest BCUT2D eigenvalue weighted by Crippen LogP contribution is -2.31. The quantitative estimate of drug-likeness (QED) is 0.648. The monoisotopic (exact) mass is 397 g/mol. The molecule has 2 aromatic heterocycles. The molecule has 0 aliphatic carbocycles. The summed E-state index contributed by atoms with van der Waals surface area (Å²) >= 11 is 6.05. The molecule has 0 aliphatic rings. The summed E-state index contributed by atoms with van der Waals surface area (Å²) in [5.41, 5.74) is 2.31. The first-order valence-corrected chi connectivity index (χ1v) is 9.14. The number of halogens is 1. The van der Waals surface area contributed by atoms with Crippen molar-refractivity contribution in [2.24, 2.45) is 0 Å². The van der Waals surface area contributed by atoms with Crippen molar-refractivity contribution >= 4 is 23.6 Å². The molecule has 28 heavy (non-hydrogen) atoms. The highest BCUT2D eigenvalue weighted by Crippen LogP contribution is 2.16. The molecule has 0 atom stereocenters. The Balaban J connectivity index is 1.62. The Kier molecular flexibility index (Phi) is 6.06. The summed E-state index contributed by atoms with van der Waals surface area (Å²) in [6, 6.07) is 12.2. The van der Waals surface area contributed by atoms with E-state index in [9.17, 15) is 9.59 Å². The molecule has 0 unspecified atom stereocenters. The molecule has 0 saturated heterocycles. The van der Waals surface area contributed by atoms with Crippen molar-refractivity contribution in [3.63, 3.8) is 0 Å². The largest absolute Gasteiger partial charge is 0.351 e. The number of aromatic nitrogens is 4. The van der Waals surface area contributed by atoms with E-state index in [1.807, 2.05) is 38.1 Å². The van der Waals surface area contributed by atoms with Crippen LogP contribution in [0.25, 0.3) is 11.9 Å². The average molecular weight is 398 g/mol. The first kappa shape index (κ1) is 19.6. The summed E-state index contributed by atoms with van der Waals surface area (Å²) in [4.78, 5) is 24.0. The van der Waals surface area contributed by atoms with Gasteiger partial charge in [-0.15, -0.1) is 5.10 Å². The minimum Gasteiger partial charge on any atom is -0.351 e. The third-order valence-corrected chi connectivity index (χ3v) is 4.37. The van der Waals surface area contributed by atoms with Crippen molar-refractivity contribution in [1.29, 1.82) is 0 Å². The molecular formula is C20H20ClN5O2. The first-order chi connectivity index (χ1) is 13.4. The van der Waals surface area contributed by atoms with E-state index in [1.54, 1.807) is 22.9 Å². The van der Waals surface area contributed by atoms with Crippen molar-refractivity contribution in [2.75, 3.05) is 6.54 Å². The summed E-state index contributed by atoms with van der Waals surface area (Å²) in [5, 5.41) is 12.0. The predicted octanol–water partition coefficient (Wildman–Crippen LogP) is 2.53. The number of amides is 1. The number of nitrogens with one attached hydrogen (secondary N) is 1. The highest BCUT2D eigenvalue weighted by molar-refractivity contribution is 6.32. The Labute approximate surface area is 167 Å². The van der Waals surface area contributed by atoms with E-state index >= 15 is 0 Å². The predicted molar refractivity (Wildman–Crippen MR) is 109 cm³/mol. The van der Waals surface area contributed by atoms with Gasteiger partial charge in [0, 0.05) is 29.4 Å². The first-order valence-electron chi connectivity index (χ1n) is 8.76. The Morgan fingerprint density at radius 1 is 1.18 bits per heavy atom. The van der Waals surface area contributed by atoms with Crippen LogP contribution in [-0.2, 0) is 11.3 Å². The van der Waals surface area contributed by atoms with Gasteiger partial charge >= 0.3 is 0 Å². The highest BCUT2D eigenvalue weighted by Gasteiger charge is 2.07. The number of benzene rings is 1. The molecule has 1 aromatic carbocycles. The fourth-order valence-corrected chi connectivity index (χ4v) is 2.89. The second-order valence-corrected chi connectivity index (χ2v) is 6.64. The van der Waals surface area contributed by atoms with Gasteiger partial charge in [0.05, 0.1) is 12.2 Å². The van der Waals surface area contributed by atoms with Gasteiger partial charge < -0.3 is 5.32 Å². The van der Waals surface area contributed by atoms with E-state index in [4.69, 9.17) is 11.6 Å². The number of hydrogen-bond donors (Lipinski definition) is 1. The minimum atomic E-state index is -0.275. The van der Waals surface area contributed by atoms with E-state index in [0.29, 0.717) is 10.8 Å². The minimum absolute atomic E-state index is 0.244. The van der Waals surface area contributed by atoms with Gasteiger partial charge in [0.25, 0.3) is 5.56 Å². The van der Waals surface area contributed by atoms with Gasteiger partial charge in [-0.05, 0) is 43.7 Å². The van der Waals surface area contributed by atoms with E-state index in [2.05, 4.69) is 15.5 Å². The van der Waals surface area contributed by atoms with E-state index in [1.165, 1.54) is 16.8 Å². The Bertz CT molecular complexity index is 1080. The molecule has 0 spiro atoms. The van der Waals surface area contributed by atoms with Gasteiger partial charge in [-0.1, -0.05) is 29.8 Å². The van der Waals surface area contributed by atoms with Crippen LogP contribution in [0.1, 0.15) is 17.0 Å². The molecule has 7 nitrogen and oxygen atoms in total. The molecule has 8 heteroatoms. The van der Waals surface area contributed by atoms with Gasteiger partial charge in [0.1, 0.15) is 0 Å². The maximum Gasteiger partial charge on any atom is 0.266 e. The molecular weight excluding hydrogens is 378 g/mol. The SMILES string of the molecule is Cc1cc(C)n(-c2ccc(=O)n(CCNC(=O)/C=C/c3ccccc3Cl)n2)n1. The fourth-order valence-electron chi connectivity index (χ4n) is 2.69. The van der Waals surface area contributed by atoms with Gasteiger partial charge in [0.2, 0.25) is 5.91 Å². The molecule has 3 aromatic rings. The lowest BCUT2D eigenvalue weighted by molar-refractivity contribution is -0.116. The highest BCUT2D eigenvalue weighted by atomic mass is 35.5. The van der Waals surface area contributed by atoms with Gasteiger partial charge in [0.15, 0.2) is 5.82 Å². The maximum atomic E-state index is 12.0. The average Bonchev–Trinajstić information content (AvgIpc) is 3.01. The molecule has 1 N–H and O–H groups in total. The number of hydrogen-bond acceptors (Lipinski definition) is 4. The molecule has 144 valence electrons. The van der Waals surface area contributed by atoms with Crippen LogP contribution in [0.4, 0.5) is 0 Å². The van der Waals surface area contributed by atoms with Crippen LogP contribution in [0.3, 0.4) is 0 Å². The second-order valence-electron chi connectivity index (χ2n) is 6.24. The zero-order valence-electron chi connectivity index (χ0n) is 15.6. The zero-order valence-corrected chi connectivity index (χ0v) is 16.3. The summed E-state index contributed by atoms with van der Waals surface area (Å²) in [7, 11) is 0. The molecule has 1 amide bonds. The molecule has 0 saturated carbocycles. The van der Waals surface area contributed by atoms with Crippen LogP contribution < -0.4 is 10.9 Å². The van der Waals surface area contributed by atoms with Crippen molar-refractivity contribution in [3.8, 4) is 5.82 Å². The van der Waals surface area contributed by atoms with Crippen LogP contribution in [0, 0.1) is 13.8 Å². The van der Waals surface area contributed by atoms with Crippen LogP contribution in [0.15, 0.2) is 53.3 Å². The maximum absolute atomic E-state index is 12.0. The van der Waals surface area contributed by atoms with Gasteiger partial charge in [-0.2, -0.15) is 5.10 Å². The van der Waals surface area contributed by atoms with Crippen molar-refractivity contribution in [1.82, 2.24) is 24.9 Å². The van der Waals surface area contributed by atoms with E-state index in [-0.39, 0.29) is 24.6 Å². The number of rotatable bonds is 6. The molecule has 0 radical (unpaired) electrons. The van der Waals surface area contributed by atoms with Crippen molar-refractivity contribution in [3.05, 3.63) is 80.9 Å². The number of carbonyl (C=O) groups is 1. The Hall–Kier alpha value is -3.19. The molecule has 0 bridgehead atoms. The molecule has 3 rings (SSSR count). The lowest BCUT2D eigenvalue weighted by atomic mass is 10.2. The van der Waals surface area contributed by atoms with Crippen molar-refractivity contribution < 1.29 is 4.79 Å². The third kappa shape index (κ3) is 4.75. The summed E-state index contributed by atoms with van der Waals surface area (Å²) in [6.07, 6.45) is 3.05. The third-order valence-electron chi connectivity index (χ3n) is 4.02. The van der Waals surface area contributed by atoms with Crippen LogP contribution >= 0.6 is 11.6 Å². The Morgan fingerprint density at radius 3 is 2.68 bits per heavy atom.